The van der Waals surface area contributed by atoms with Gasteiger partial charge < -0.3 is 15.1 Å². The first-order valence-corrected chi connectivity index (χ1v) is 12.3. The molecule has 1 aliphatic heterocycles. The standard InChI is InChI=1S/C27H27ClN4O2S/c1-2-25(33)32-16-14-31(15-17-32)24-13-12-22(28)18-23(24)29-27(35)30-26(34)21-10-8-20(9-11-21)19-6-4-3-5-7-19/h3-13,18H,2,14-17H2,1H3,(H2,29,30,34,35). The summed E-state index contributed by atoms with van der Waals surface area (Å²) in [6, 6.07) is 22.9. The molecule has 2 N–H and O–H groups in total. The van der Waals surface area contributed by atoms with Gasteiger partial charge in [0.1, 0.15) is 0 Å². The van der Waals surface area contributed by atoms with Gasteiger partial charge >= 0.3 is 0 Å². The minimum absolute atomic E-state index is 0.166. The Labute approximate surface area is 215 Å². The molecule has 0 unspecified atom stereocenters. The van der Waals surface area contributed by atoms with Gasteiger partial charge in [0.15, 0.2) is 5.11 Å². The molecule has 2 amide bonds. The maximum Gasteiger partial charge on any atom is 0.257 e. The fraction of sp³-hybridized carbons (Fsp3) is 0.222. The van der Waals surface area contributed by atoms with Gasteiger partial charge in [-0.05, 0) is 53.7 Å². The number of carbonyl (C=O) groups is 2. The van der Waals surface area contributed by atoms with Crippen LogP contribution in [0.2, 0.25) is 5.02 Å². The lowest BCUT2D eigenvalue weighted by Gasteiger charge is -2.37. The molecule has 0 radical (unpaired) electrons. The van der Waals surface area contributed by atoms with Crippen molar-refractivity contribution in [1.82, 2.24) is 10.2 Å². The average Bonchev–Trinajstić information content (AvgIpc) is 2.89. The third-order valence-corrected chi connectivity index (χ3v) is 6.40. The van der Waals surface area contributed by atoms with Crippen LogP contribution in [0, 0.1) is 0 Å². The van der Waals surface area contributed by atoms with E-state index in [1.165, 1.54) is 0 Å². The van der Waals surface area contributed by atoms with Crippen LogP contribution in [0.4, 0.5) is 11.4 Å². The lowest BCUT2D eigenvalue weighted by Crippen LogP contribution is -2.48. The van der Waals surface area contributed by atoms with Crippen LogP contribution in [0.3, 0.4) is 0 Å². The molecule has 1 aliphatic rings. The predicted octanol–water partition coefficient (Wildman–Crippen LogP) is 5.19. The molecule has 0 aromatic heterocycles. The Hall–Kier alpha value is -3.42. The molecule has 0 bridgehead atoms. The highest BCUT2D eigenvalue weighted by molar-refractivity contribution is 7.80. The fourth-order valence-corrected chi connectivity index (χ4v) is 4.45. The van der Waals surface area contributed by atoms with Gasteiger partial charge in [-0.2, -0.15) is 0 Å². The Kier molecular flexibility index (Phi) is 8.00. The molecule has 1 heterocycles. The van der Waals surface area contributed by atoms with Crippen LogP contribution >= 0.6 is 23.8 Å². The van der Waals surface area contributed by atoms with Crippen LogP contribution in [0.1, 0.15) is 23.7 Å². The molecule has 1 fully saturated rings. The number of nitrogens with zero attached hydrogens (tertiary/aromatic N) is 2. The van der Waals surface area contributed by atoms with Crippen LogP contribution < -0.4 is 15.5 Å². The number of thiocarbonyl (C=S) groups is 1. The summed E-state index contributed by atoms with van der Waals surface area (Å²) >= 11 is 11.7. The number of amides is 2. The summed E-state index contributed by atoms with van der Waals surface area (Å²) in [7, 11) is 0. The molecule has 0 saturated carbocycles. The predicted molar refractivity (Wildman–Crippen MR) is 146 cm³/mol. The first-order valence-electron chi connectivity index (χ1n) is 11.5. The SMILES string of the molecule is CCC(=O)N1CCN(c2ccc(Cl)cc2NC(=S)NC(=O)c2ccc(-c3ccccc3)cc2)CC1. The van der Waals surface area contributed by atoms with Crippen molar-refractivity contribution < 1.29 is 9.59 Å². The van der Waals surface area contributed by atoms with Gasteiger partial charge in [0.05, 0.1) is 11.4 Å². The Bertz CT molecular complexity index is 1210. The van der Waals surface area contributed by atoms with Crippen molar-refractivity contribution in [3.63, 3.8) is 0 Å². The number of hydrogen-bond acceptors (Lipinski definition) is 4. The van der Waals surface area contributed by atoms with Gasteiger partial charge in [-0.15, -0.1) is 0 Å². The number of halogens is 1. The molecule has 4 rings (SSSR count). The molecule has 1 saturated heterocycles. The molecule has 35 heavy (non-hydrogen) atoms. The van der Waals surface area contributed by atoms with Gasteiger partial charge in [0.2, 0.25) is 5.91 Å². The highest BCUT2D eigenvalue weighted by Crippen LogP contribution is 2.30. The van der Waals surface area contributed by atoms with Gasteiger partial charge in [-0.1, -0.05) is 61.0 Å². The number of nitrogens with one attached hydrogen (secondary N) is 2. The number of hydrogen-bond donors (Lipinski definition) is 2. The van der Waals surface area contributed by atoms with E-state index in [9.17, 15) is 9.59 Å². The second-order valence-electron chi connectivity index (χ2n) is 8.23. The van der Waals surface area contributed by atoms with E-state index in [-0.39, 0.29) is 16.9 Å². The maximum absolute atomic E-state index is 12.8. The van der Waals surface area contributed by atoms with Crippen LogP contribution in [0.15, 0.2) is 72.8 Å². The maximum atomic E-state index is 12.8. The summed E-state index contributed by atoms with van der Waals surface area (Å²) in [5, 5.41) is 6.62. The van der Waals surface area contributed by atoms with E-state index in [1.54, 1.807) is 18.2 Å². The van der Waals surface area contributed by atoms with Crippen molar-refractivity contribution in [3.8, 4) is 11.1 Å². The molecule has 3 aromatic carbocycles. The molecule has 0 aliphatic carbocycles. The van der Waals surface area contributed by atoms with Crippen LogP contribution in [-0.4, -0.2) is 48.0 Å². The number of carbonyl (C=O) groups excluding carboxylic acids is 2. The van der Waals surface area contributed by atoms with Gasteiger partial charge in [-0.25, -0.2) is 0 Å². The van der Waals surface area contributed by atoms with Gasteiger partial charge in [-0.3, -0.25) is 14.9 Å². The summed E-state index contributed by atoms with van der Waals surface area (Å²) in [5.74, 6) is -0.128. The van der Waals surface area contributed by atoms with Crippen LogP contribution in [-0.2, 0) is 4.79 Å². The minimum Gasteiger partial charge on any atom is -0.366 e. The highest BCUT2D eigenvalue weighted by Gasteiger charge is 2.22. The second-order valence-corrected chi connectivity index (χ2v) is 9.08. The number of anilines is 2. The zero-order chi connectivity index (χ0) is 24.8. The Morgan fingerprint density at radius 1 is 0.914 bits per heavy atom. The zero-order valence-electron chi connectivity index (χ0n) is 19.5. The summed E-state index contributed by atoms with van der Waals surface area (Å²) < 4.78 is 0. The molecule has 8 heteroatoms. The quantitative estimate of drug-likeness (QED) is 0.466. The Morgan fingerprint density at radius 3 is 2.23 bits per heavy atom. The zero-order valence-corrected chi connectivity index (χ0v) is 21.0. The number of benzene rings is 3. The van der Waals surface area contributed by atoms with E-state index in [1.807, 2.05) is 66.4 Å². The van der Waals surface area contributed by atoms with Crippen molar-refractivity contribution in [2.24, 2.45) is 0 Å². The van der Waals surface area contributed by atoms with Gasteiger partial charge in [0.25, 0.3) is 5.91 Å². The summed E-state index contributed by atoms with van der Waals surface area (Å²) in [4.78, 5) is 28.8. The van der Waals surface area contributed by atoms with Crippen molar-refractivity contribution in [1.29, 1.82) is 0 Å². The molecule has 0 spiro atoms. The molecule has 180 valence electrons. The number of piperazine rings is 1. The van der Waals surface area contributed by atoms with Crippen molar-refractivity contribution in [2.75, 3.05) is 36.4 Å². The van der Waals surface area contributed by atoms with E-state index in [2.05, 4.69) is 15.5 Å². The van der Waals surface area contributed by atoms with E-state index in [4.69, 9.17) is 23.8 Å². The normalized spacial score (nSPS) is 13.3. The third-order valence-electron chi connectivity index (χ3n) is 5.96. The van der Waals surface area contributed by atoms with E-state index >= 15 is 0 Å². The summed E-state index contributed by atoms with van der Waals surface area (Å²) in [6.07, 6.45) is 0.511. The van der Waals surface area contributed by atoms with Crippen LogP contribution in [0.5, 0.6) is 0 Å². The lowest BCUT2D eigenvalue weighted by molar-refractivity contribution is -0.131. The van der Waals surface area contributed by atoms with Gasteiger partial charge in [0, 0.05) is 43.2 Å². The first kappa shape index (κ1) is 24.7. The molecule has 6 nitrogen and oxygen atoms in total. The third kappa shape index (κ3) is 6.18. The lowest BCUT2D eigenvalue weighted by atomic mass is 10.0. The smallest absolute Gasteiger partial charge is 0.257 e. The van der Waals surface area contributed by atoms with E-state index in [0.717, 1.165) is 16.8 Å². The Balaban J connectivity index is 1.40. The molecular weight excluding hydrogens is 480 g/mol. The number of rotatable bonds is 5. The van der Waals surface area contributed by atoms with E-state index < -0.39 is 0 Å². The molecular formula is C27H27ClN4O2S. The summed E-state index contributed by atoms with van der Waals surface area (Å²) in [5.41, 5.74) is 4.26. The largest absolute Gasteiger partial charge is 0.366 e. The van der Waals surface area contributed by atoms with Crippen molar-refractivity contribution in [3.05, 3.63) is 83.4 Å². The summed E-state index contributed by atoms with van der Waals surface area (Å²) in [6.45, 7) is 4.61. The highest BCUT2D eigenvalue weighted by atomic mass is 35.5. The fourth-order valence-electron chi connectivity index (χ4n) is 4.08. The molecule has 0 atom stereocenters. The van der Waals surface area contributed by atoms with Crippen molar-refractivity contribution in [2.45, 2.75) is 13.3 Å². The molecule has 3 aromatic rings. The monoisotopic (exact) mass is 506 g/mol. The van der Waals surface area contributed by atoms with Crippen LogP contribution in [0.25, 0.3) is 11.1 Å². The average molecular weight is 507 g/mol. The second kappa shape index (κ2) is 11.3. The topological polar surface area (TPSA) is 64.7 Å². The first-order chi connectivity index (χ1) is 16.9. The van der Waals surface area contributed by atoms with E-state index in [0.29, 0.717) is 48.9 Å². The minimum atomic E-state index is -0.294. The Morgan fingerprint density at radius 2 is 1.57 bits per heavy atom. The van der Waals surface area contributed by atoms with Crippen molar-refractivity contribution >= 4 is 52.1 Å².